The van der Waals surface area contributed by atoms with E-state index in [1.807, 2.05) is 0 Å². The molecule has 0 spiro atoms. The molecule has 3 rings (SSSR count). The maximum absolute atomic E-state index is 14.2. The first-order valence-corrected chi connectivity index (χ1v) is 7.68. The van der Waals surface area contributed by atoms with E-state index in [9.17, 15) is 18.7 Å². The van der Waals surface area contributed by atoms with Crippen molar-refractivity contribution in [3.05, 3.63) is 12.2 Å². The molecule has 2 aliphatic rings. The Balaban J connectivity index is 1.66. The Morgan fingerprint density at radius 2 is 2.35 bits per heavy atom. The van der Waals surface area contributed by atoms with Crippen molar-refractivity contribution in [3.63, 3.8) is 0 Å². The van der Waals surface area contributed by atoms with E-state index in [4.69, 9.17) is 4.74 Å². The monoisotopic (exact) mass is 330 g/mol. The van der Waals surface area contributed by atoms with E-state index >= 15 is 0 Å². The van der Waals surface area contributed by atoms with Crippen LogP contribution in [0.4, 0.5) is 8.78 Å². The quantitative estimate of drug-likeness (QED) is 0.829. The van der Waals surface area contributed by atoms with Crippen LogP contribution in [-0.4, -0.2) is 68.9 Å². The number of nitrogens with zero attached hydrogens (tertiary/aromatic N) is 3. The van der Waals surface area contributed by atoms with Gasteiger partial charge < -0.3 is 14.7 Å². The number of carbonyl (C=O) groups excluding carboxylic acids is 1. The van der Waals surface area contributed by atoms with Crippen LogP contribution in [0.25, 0.3) is 0 Å². The Bertz CT molecular complexity index is 562. The van der Waals surface area contributed by atoms with Crippen LogP contribution >= 0.6 is 0 Å². The van der Waals surface area contributed by atoms with Crippen LogP contribution in [0.3, 0.4) is 0 Å². The second-order valence-electron chi connectivity index (χ2n) is 6.32. The maximum Gasteiger partial charge on any atom is 0.352 e. The van der Waals surface area contributed by atoms with Crippen molar-refractivity contribution in [2.45, 2.75) is 49.2 Å². The van der Waals surface area contributed by atoms with Gasteiger partial charge in [-0.2, -0.15) is 13.9 Å². The molecule has 1 amide bonds. The molecule has 2 atom stereocenters. The molecule has 1 aliphatic heterocycles. The van der Waals surface area contributed by atoms with Crippen LogP contribution in [0.5, 0.6) is 0 Å². The minimum Gasteiger partial charge on any atom is -0.383 e. The fourth-order valence-corrected chi connectivity index (χ4v) is 3.15. The molecule has 0 radical (unpaired) electrons. The smallest absolute Gasteiger partial charge is 0.352 e. The van der Waals surface area contributed by atoms with Gasteiger partial charge in [-0.05, 0) is 25.7 Å². The molecule has 1 aromatic rings. The van der Waals surface area contributed by atoms with Crippen LogP contribution in [0.1, 0.15) is 37.4 Å². The third kappa shape index (κ3) is 2.72. The Kier molecular flexibility index (Phi) is 4.09. The summed E-state index contributed by atoms with van der Waals surface area (Å²) in [6.45, 7) is 0.480. The van der Waals surface area contributed by atoms with E-state index in [1.165, 1.54) is 13.4 Å². The summed E-state index contributed by atoms with van der Waals surface area (Å²) in [6.07, 6.45) is 2.02. The first-order chi connectivity index (χ1) is 10.8. The van der Waals surface area contributed by atoms with E-state index < -0.39 is 23.5 Å². The fourth-order valence-electron chi connectivity index (χ4n) is 3.15. The number of aromatic amines is 1. The molecule has 128 valence electrons. The number of aromatic nitrogens is 3. The molecule has 1 saturated carbocycles. The summed E-state index contributed by atoms with van der Waals surface area (Å²) in [4.78, 5) is 17.1. The van der Waals surface area contributed by atoms with Gasteiger partial charge in [-0.25, -0.2) is 4.98 Å². The molecule has 23 heavy (non-hydrogen) atoms. The molecule has 7 nitrogen and oxygen atoms in total. The van der Waals surface area contributed by atoms with Crippen LogP contribution < -0.4 is 0 Å². The van der Waals surface area contributed by atoms with E-state index in [0.717, 1.165) is 4.90 Å². The molecule has 9 heteroatoms. The standard InChI is InChI=1S/C14H20F2N4O3/c1-20(12(21)14(15,16)13(22)4-2-5-13)7-10-9(3-6-23-10)11-17-8-18-19-11/h8-10,22H,2-7H2,1H3,(H,17,18,19)/t9-,10-/m1/s1. The van der Waals surface area contributed by atoms with E-state index in [1.54, 1.807) is 0 Å². The van der Waals surface area contributed by atoms with E-state index in [-0.39, 0.29) is 25.3 Å². The SMILES string of the molecule is CN(C[C@H]1OCC[C@H]1c1ncn[nH]1)C(=O)C(F)(F)C1(O)CCC1. The first kappa shape index (κ1) is 16.3. The maximum atomic E-state index is 14.2. The highest BCUT2D eigenvalue weighted by molar-refractivity contribution is 5.85. The normalized spacial score (nSPS) is 26.8. The second-order valence-corrected chi connectivity index (χ2v) is 6.32. The molecule has 2 heterocycles. The average Bonchev–Trinajstić information content (AvgIpc) is 3.14. The third-order valence-corrected chi connectivity index (χ3v) is 4.83. The summed E-state index contributed by atoms with van der Waals surface area (Å²) < 4.78 is 34.0. The first-order valence-electron chi connectivity index (χ1n) is 7.68. The topological polar surface area (TPSA) is 91.3 Å². The Morgan fingerprint density at radius 3 is 2.91 bits per heavy atom. The zero-order chi connectivity index (χ0) is 16.7. The largest absolute Gasteiger partial charge is 0.383 e. The summed E-state index contributed by atoms with van der Waals surface area (Å²) in [5, 5.41) is 16.4. The van der Waals surface area contributed by atoms with Crippen molar-refractivity contribution >= 4 is 5.91 Å². The lowest BCUT2D eigenvalue weighted by atomic mass is 9.75. The van der Waals surface area contributed by atoms with Gasteiger partial charge in [0.25, 0.3) is 5.91 Å². The van der Waals surface area contributed by atoms with Crippen molar-refractivity contribution < 1.29 is 23.4 Å². The molecule has 0 aromatic carbocycles. The van der Waals surface area contributed by atoms with Gasteiger partial charge in [0.05, 0.1) is 6.10 Å². The highest BCUT2D eigenvalue weighted by Gasteiger charge is 2.62. The summed E-state index contributed by atoms with van der Waals surface area (Å²) in [5.41, 5.74) is -2.21. The molecule has 0 bridgehead atoms. The van der Waals surface area contributed by atoms with Crippen molar-refractivity contribution in [1.29, 1.82) is 0 Å². The summed E-state index contributed by atoms with van der Waals surface area (Å²) in [6, 6.07) is 0. The highest BCUT2D eigenvalue weighted by Crippen LogP contribution is 2.45. The van der Waals surface area contributed by atoms with Gasteiger partial charge in [0, 0.05) is 26.1 Å². The Morgan fingerprint density at radius 1 is 1.61 bits per heavy atom. The van der Waals surface area contributed by atoms with Gasteiger partial charge in [0.2, 0.25) is 0 Å². The van der Waals surface area contributed by atoms with Crippen molar-refractivity contribution in [2.75, 3.05) is 20.2 Å². The number of hydrogen-bond acceptors (Lipinski definition) is 5. The second kappa shape index (κ2) is 5.79. The zero-order valence-corrected chi connectivity index (χ0v) is 12.8. The predicted octanol–water partition coefficient (Wildman–Crippen LogP) is 0.686. The van der Waals surface area contributed by atoms with Crippen LogP contribution in [0, 0.1) is 0 Å². The van der Waals surface area contributed by atoms with Crippen molar-refractivity contribution in [2.24, 2.45) is 0 Å². The fraction of sp³-hybridized carbons (Fsp3) is 0.786. The highest BCUT2D eigenvalue weighted by atomic mass is 19.3. The van der Waals surface area contributed by atoms with Crippen LogP contribution in [-0.2, 0) is 9.53 Å². The van der Waals surface area contributed by atoms with Crippen LogP contribution in [0.2, 0.25) is 0 Å². The Hall–Kier alpha value is -1.61. The lowest BCUT2D eigenvalue weighted by Gasteiger charge is -2.43. The lowest BCUT2D eigenvalue weighted by Crippen LogP contribution is -2.61. The number of nitrogens with one attached hydrogen (secondary N) is 1. The lowest BCUT2D eigenvalue weighted by molar-refractivity contribution is -0.223. The Labute approximate surface area is 132 Å². The molecule has 1 aromatic heterocycles. The predicted molar refractivity (Wildman–Crippen MR) is 74.9 cm³/mol. The average molecular weight is 330 g/mol. The van der Waals surface area contributed by atoms with Crippen molar-refractivity contribution in [3.8, 4) is 0 Å². The van der Waals surface area contributed by atoms with Gasteiger partial charge in [-0.15, -0.1) is 0 Å². The molecule has 2 fully saturated rings. The molecular formula is C14H20F2N4O3. The van der Waals surface area contributed by atoms with Gasteiger partial charge in [0.1, 0.15) is 17.8 Å². The number of H-pyrrole nitrogens is 1. The number of aliphatic hydroxyl groups is 1. The number of likely N-dealkylation sites (N-methyl/N-ethyl adjacent to an activating group) is 1. The molecule has 2 N–H and O–H groups in total. The zero-order valence-electron chi connectivity index (χ0n) is 12.8. The third-order valence-electron chi connectivity index (χ3n) is 4.83. The van der Waals surface area contributed by atoms with Crippen LogP contribution in [0.15, 0.2) is 6.33 Å². The summed E-state index contributed by atoms with van der Waals surface area (Å²) in [7, 11) is 1.30. The number of hydrogen-bond donors (Lipinski definition) is 2. The number of rotatable bonds is 5. The van der Waals surface area contributed by atoms with Gasteiger partial charge in [-0.3, -0.25) is 9.89 Å². The molecular weight excluding hydrogens is 310 g/mol. The number of halogens is 2. The van der Waals surface area contributed by atoms with Gasteiger partial charge in [0.15, 0.2) is 0 Å². The molecule has 1 aliphatic carbocycles. The van der Waals surface area contributed by atoms with E-state index in [2.05, 4.69) is 15.2 Å². The number of amides is 1. The number of carbonyl (C=O) groups is 1. The number of alkyl halides is 2. The molecule has 0 unspecified atom stereocenters. The molecule has 1 saturated heterocycles. The summed E-state index contributed by atoms with van der Waals surface area (Å²) >= 11 is 0. The minimum atomic E-state index is -3.78. The van der Waals surface area contributed by atoms with Crippen molar-refractivity contribution in [1.82, 2.24) is 20.1 Å². The summed E-state index contributed by atoms with van der Waals surface area (Å²) in [5.74, 6) is -4.64. The minimum absolute atomic E-state index is 0.00979. The number of ether oxygens (including phenoxy) is 1. The van der Waals surface area contributed by atoms with Gasteiger partial charge in [-0.1, -0.05) is 0 Å². The van der Waals surface area contributed by atoms with Gasteiger partial charge >= 0.3 is 5.92 Å². The van der Waals surface area contributed by atoms with E-state index in [0.29, 0.717) is 25.3 Å².